The molecule has 0 fully saturated rings. The molecule has 2 aromatic rings. The summed E-state index contributed by atoms with van der Waals surface area (Å²) in [5.41, 5.74) is 1.94. The quantitative estimate of drug-likeness (QED) is 0.382. The van der Waals surface area contributed by atoms with Crippen molar-refractivity contribution in [2.24, 2.45) is 4.99 Å². The molecule has 1 atom stereocenters. The van der Waals surface area contributed by atoms with Crippen LogP contribution in [-0.4, -0.2) is 61.1 Å². The zero-order valence-electron chi connectivity index (χ0n) is 15.8. The zero-order chi connectivity index (χ0) is 19.9. The predicted molar refractivity (Wildman–Crippen MR) is 107 cm³/mol. The Morgan fingerprint density at radius 1 is 1.00 bits per heavy atom. The van der Waals surface area contributed by atoms with Crippen LogP contribution in [0.3, 0.4) is 0 Å². The maximum absolute atomic E-state index is 12.4. The number of imide groups is 1. The molecule has 146 valence electrons. The molecule has 3 N–H and O–H groups in total. The molecule has 1 unspecified atom stereocenters. The largest absolute Gasteiger partial charge is 0.396 e. The van der Waals surface area contributed by atoms with Crippen LogP contribution in [0, 0.1) is 0 Å². The molecule has 2 aromatic carbocycles. The maximum atomic E-state index is 12.4. The van der Waals surface area contributed by atoms with Crippen LogP contribution in [0.4, 0.5) is 0 Å². The molecule has 0 radical (unpaired) electrons. The fourth-order valence-electron chi connectivity index (χ4n) is 3.18. The van der Waals surface area contributed by atoms with Gasteiger partial charge in [-0.15, -0.1) is 0 Å². The Morgan fingerprint density at radius 2 is 1.61 bits per heavy atom. The van der Waals surface area contributed by atoms with Crippen molar-refractivity contribution in [1.29, 1.82) is 0 Å². The molecule has 3 rings (SSSR count). The second kappa shape index (κ2) is 9.14. The van der Waals surface area contributed by atoms with Crippen molar-refractivity contribution in [2.75, 3.05) is 33.3 Å². The van der Waals surface area contributed by atoms with Gasteiger partial charge in [0, 0.05) is 32.6 Å². The van der Waals surface area contributed by atoms with Gasteiger partial charge in [0.1, 0.15) is 0 Å². The van der Waals surface area contributed by atoms with E-state index in [-0.39, 0.29) is 30.9 Å². The smallest absolute Gasteiger partial charge is 0.261 e. The van der Waals surface area contributed by atoms with E-state index in [2.05, 4.69) is 15.6 Å². The molecule has 1 heterocycles. The number of hydrogen-bond donors (Lipinski definition) is 3. The number of aliphatic imine (C=N–C) groups is 1. The Balaban J connectivity index is 1.50. The predicted octanol–water partition coefficient (Wildman–Crippen LogP) is 1.22. The van der Waals surface area contributed by atoms with Gasteiger partial charge in [-0.2, -0.15) is 0 Å². The van der Waals surface area contributed by atoms with Crippen molar-refractivity contribution in [3.8, 4) is 0 Å². The van der Waals surface area contributed by atoms with Gasteiger partial charge in [0.25, 0.3) is 11.8 Å². The Labute approximate surface area is 164 Å². The van der Waals surface area contributed by atoms with Crippen LogP contribution in [0.5, 0.6) is 0 Å². The van der Waals surface area contributed by atoms with E-state index in [1.807, 2.05) is 30.3 Å². The molecular weight excluding hydrogens is 356 g/mol. The zero-order valence-corrected chi connectivity index (χ0v) is 15.8. The van der Waals surface area contributed by atoms with E-state index >= 15 is 0 Å². The first-order valence-corrected chi connectivity index (χ1v) is 9.21. The first kappa shape index (κ1) is 19.6. The fourth-order valence-corrected chi connectivity index (χ4v) is 3.18. The van der Waals surface area contributed by atoms with Crippen molar-refractivity contribution in [3.05, 3.63) is 71.3 Å². The lowest BCUT2D eigenvalue weighted by Crippen LogP contribution is -2.44. The minimum absolute atomic E-state index is 0.0169. The molecule has 0 saturated carbocycles. The van der Waals surface area contributed by atoms with Crippen LogP contribution in [0.15, 0.2) is 59.6 Å². The van der Waals surface area contributed by atoms with E-state index in [9.17, 15) is 14.7 Å². The summed E-state index contributed by atoms with van der Waals surface area (Å²) >= 11 is 0. The Morgan fingerprint density at radius 3 is 2.18 bits per heavy atom. The number of fused-ring (bicyclic) bond motifs is 1. The van der Waals surface area contributed by atoms with Crippen LogP contribution in [-0.2, 0) is 0 Å². The highest BCUT2D eigenvalue weighted by Gasteiger charge is 2.34. The average Bonchev–Trinajstić information content (AvgIpc) is 2.98. The number of hydrogen-bond acceptors (Lipinski definition) is 4. The van der Waals surface area contributed by atoms with E-state index in [1.165, 1.54) is 4.90 Å². The summed E-state index contributed by atoms with van der Waals surface area (Å²) < 4.78 is 0. The monoisotopic (exact) mass is 380 g/mol. The Kier molecular flexibility index (Phi) is 6.39. The third kappa shape index (κ3) is 4.20. The average molecular weight is 380 g/mol. The van der Waals surface area contributed by atoms with Crippen LogP contribution in [0.2, 0.25) is 0 Å². The fraction of sp³-hybridized carbons (Fsp3) is 0.286. The van der Waals surface area contributed by atoms with Gasteiger partial charge in [0.15, 0.2) is 5.96 Å². The van der Waals surface area contributed by atoms with Crippen molar-refractivity contribution >= 4 is 17.8 Å². The van der Waals surface area contributed by atoms with Gasteiger partial charge in [-0.05, 0) is 17.7 Å². The van der Waals surface area contributed by atoms with Crippen molar-refractivity contribution in [2.45, 2.75) is 5.92 Å². The van der Waals surface area contributed by atoms with Crippen molar-refractivity contribution in [3.63, 3.8) is 0 Å². The van der Waals surface area contributed by atoms with Gasteiger partial charge < -0.3 is 15.7 Å². The molecule has 0 aromatic heterocycles. The molecule has 2 amide bonds. The van der Waals surface area contributed by atoms with Crippen LogP contribution in [0.1, 0.15) is 32.2 Å². The minimum atomic E-state index is -0.269. The van der Waals surface area contributed by atoms with E-state index in [0.717, 1.165) is 5.56 Å². The summed E-state index contributed by atoms with van der Waals surface area (Å²) in [5.74, 6) is -0.0495. The first-order chi connectivity index (χ1) is 13.7. The summed E-state index contributed by atoms with van der Waals surface area (Å²) in [7, 11) is 1.65. The molecule has 0 spiro atoms. The number of rotatable bonds is 7. The van der Waals surface area contributed by atoms with Gasteiger partial charge in [-0.3, -0.25) is 19.5 Å². The molecule has 1 aliphatic heterocycles. The normalized spacial score (nSPS) is 14.8. The number of carbonyl (C=O) groups excluding carboxylic acids is 2. The second-order valence-electron chi connectivity index (χ2n) is 6.48. The number of benzene rings is 2. The summed E-state index contributed by atoms with van der Waals surface area (Å²) in [6, 6.07) is 16.6. The molecule has 7 heteroatoms. The van der Waals surface area contributed by atoms with Crippen molar-refractivity contribution < 1.29 is 14.7 Å². The first-order valence-electron chi connectivity index (χ1n) is 9.21. The number of carbonyl (C=O) groups is 2. The molecule has 0 saturated heterocycles. The summed E-state index contributed by atoms with van der Waals surface area (Å²) in [5, 5.41) is 15.9. The Hall–Kier alpha value is -3.19. The van der Waals surface area contributed by atoms with Gasteiger partial charge in [-0.25, -0.2) is 0 Å². The third-order valence-electron chi connectivity index (χ3n) is 4.74. The lowest BCUT2D eigenvalue weighted by Gasteiger charge is -2.19. The number of nitrogens with one attached hydrogen (secondary N) is 2. The summed E-state index contributed by atoms with van der Waals surface area (Å²) in [6.45, 7) is 1.14. The molecule has 7 nitrogen and oxygen atoms in total. The topological polar surface area (TPSA) is 94.0 Å². The molecule has 0 bridgehead atoms. The van der Waals surface area contributed by atoms with Gasteiger partial charge >= 0.3 is 0 Å². The lowest BCUT2D eigenvalue weighted by atomic mass is 10.0. The highest BCUT2D eigenvalue weighted by Crippen LogP contribution is 2.21. The Bertz CT molecular complexity index is 832. The van der Waals surface area contributed by atoms with Crippen LogP contribution >= 0.6 is 0 Å². The van der Waals surface area contributed by atoms with Crippen LogP contribution in [0.25, 0.3) is 0 Å². The third-order valence-corrected chi connectivity index (χ3v) is 4.74. The number of aliphatic hydroxyl groups excluding tert-OH is 1. The van der Waals surface area contributed by atoms with E-state index in [0.29, 0.717) is 30.2 Å². The molecule has 1 aliphatic rings. The highest BCUT2D eigenvalue weighted by atomic mass is 16.3. The number of nitrogens with zero attached hydrogens (tertiary/aromatic N) is 2. The highest BCUT2D eigenvalue weighted by molar-refractivity contribution is 6.21. The van der Waals surface area contributed by atoms with Crippen molar-refractivity contribution in [1.82, 2.24) is 15.5 Å². The van der Waals surface area contributed by atoms with Gasteiger partial charge in [0.2, 0.25) is 0 Å². The van der Waals surface area contributed by atoms with E-state index in [1.54, 1.807) is 31.3 Å². The van der Waals surface area contributed by atoms with Gasteiger partial charge in [0.05, 0.1) is 17.7 Å². The minimum Gasteiger partial charge on any atom is -0.396 e. The van der Waals surface area contributed by atoms with E-state index < -0.39 is 0 Å². The summed E-state index contributed by atoms with van der Waals surface area (Å²) in [6.07, 6.45) is 0. The summed E-state index contributed by atoms with van der Waals surface area (Å²) in [4.78, 5) is 30.1. The van der Waals surface area contributed by atoms with Gasteiger partial charge in [-0.1, -0.05) is 42.5 Å². The lowest BCUT2D eigenvalue weighted by molar-refractivity contribution is 0.0657. The second-order valence-corrected chi connectivity index (χ2v) is 6.48. The van der Waals surface area contributed by atoms with E-state index in [4.69, 9.17) is 0 Å². The maximum Gasteiger partial charge on any atom is 0.261 e. The number of amides is 2. The number of guanidine groups is 1. The SMILES string of the molecule is CN=C(NCCN1C(=O)c2ccccc2C1=O)NCC(CO)c1ccccc1. The van der Waals surface area contributed by atoms with Crippen LogP contribution < -0.4 is 10.6 Å². The molecular formula is C21H24N4O3. The number of aliphatic hydroxyl groups is 1. The molecule has 28 heavy (non-hydrogen) atoms. The molecule has 0 aliphatic carbocycles. The standard InChI is InChI=1S/C21H24N4O3/c1-22-21(24-13-16(14-26)15-7-3-2-4-8-15)23-11-12-25-19(27)17-9-5-6-10-18(17)20(25)28/h2-10,16,26H,11-14H2,1H3,(H2,22,23,24).